The number of allylic oxidation sites excluding steroid dienone is 2. The Morgan fingerprint density at radius 2 is 0.978 bits per heavy atom. The SMILES string of the molecule is N#Cc1c(C2=Cc3c(n(-c4ccccc4)c4nc5ccc(-c6ccccc6)cc5n34)C#CC2)c(-n2c3c(c4ccccc42)C=CCC3)cc(-c2ccc3c(c2)n2c4cc(-c5ccccc5)ccc4nc2n3-c2ccccc2)c1-n1c2ccccc2c2ccccc21. The molecule has 424 valence electrons. The number of hydrogen-bond donors (Lipinski definition) is 0. The van der Waals surface area contributed by atoms with Crippen LogP contribution in [0.15, 0.2) is 261 Å². The summed E-state index contributed by atoms with van der Waals surface area (Å²) in [6.07, 6.45) is 8.95. The molecule has 2 aliphatic rings. The van der Waals surface area contributed by atoms with Gasteiger partial charge in [-0.2, -0.15) is 5.26 Å². The van der Waals surface area contributed by atoms with Gasteiger partial charge in [0.1, 0.15) is 11.8 Å². The van der Waals surface area contributed by atoms with Gasteiger partial charge in [-0.15, -0.1) is 0 Å². The average Bonchev–Trinajstić information content (AvgIpc) is 1.67. The molecule has 0 bridgehead atoms. The van der Waals surface area contributed by atoms with E-state index in [1.165, 1.54) is 11.3 Å². The molecular weight excluding hydrogens is 1110 g/mol. The summed E-state index contributed by atoms with van der Waals surface area (Å²) >= 11 is 0. The summed E-state index contributed by atoms with van der Waals surface area (Å²) in [6, 6.07) is 93.5. The molecule has 0 N–H and O–H groups in total. The van der Waals surface area contributed by atoms with Crippen molar-refractivity contribution in [2.45, 2.75) is 19.3 Å². The number of rotatable bonds is 8. The number of para-hydroxylation sites is 5. The highest BCUT2D eigenvalue weighted by Gasteiger charge is 2.32. The number of nitriles is 1. The third kappa shape index (κ3) is 7.53. The van der Waals surface area contributed by atoms with E-state index < -0.39 is 0 Å². The molecule has 19 rings (SSSR count). The van der Waals surface area contributed by atoms with E-state index in [-0.39, 0.29) is 0 Å². The van der Waals surface area contributed by atoms with Crippen molar-refractivity contribution in [3.63, 3.8) is 0 Å². The van der Waals surface area contributed by atoms with Crippen LogP contribution < -0.4 is 0 Å². The van der Waals surface area contributed by atoms with Gasteiger partial charge in [0.15, 0.2) is 0 Å². The van der Waals surface area contributed by atoms with E-state index >= 15 is 0 Å². The maximum atomic E-state index is 12.8. The number of fused-ring (bicyclic) bond motifs is 16. The molecule has 0 saturated carbocycles. The molecule has 17 aromatic rings. The molecule has 0 unspecified atom stereocenters. The highest BCUT2D eigenvalue weighted by Crippen LogP contribution is 2.48. The molecule has 9 heteroatoms. The van der Waals surface area contributed by atoms with E-state index in [1.807, 2.05) is 6.07 Å². The van der Waals surface area contributed by atoms with Crippen molar-refractivity contribution < 1.29 is 0 Å². The van der Waals surface area contributed by atoms with E-state index in [1.54, 1.807) is 0 Å². The summed E-state index contributed by atoms with van der Waals surface area (Å²) in [6.45, 7) is 0. The zero-order chi connectivity index (χ0) is 59.8. The first kappa shape index (κ1) is 50.7. The minimum Gasteiger partial charge on any atom is -0.312 e. The highest BCUT2D eigenvalue weighted by molar-refractivity contribution is 6.11. The topological polar surface area (TPSA) is 78.1 Å². The normalized spacial score (nSPS) is 12.9. The maximum Gasteiger partial charge on any atom is 0.221 e. The Kier molecular flexibility index (Phi) is 11.0. The predicted octanol–water partition coefficient (Wildman–Crippen LogP) is 19.2. The van der Waals surface area contributed by atoms with Crippen LogP contribution in [0.4, 0.5) is 0 Å². The fourth-order valence-corrected chi connectivity index (χ4v) is 14.8. The lowest BCUT2D eigenvalue weighted by Gasteiger charge is -2.25. The summed E-state index contributed by atoms with van der Waals surface area (Å²) in [5.74, 6) is 9.04. The van der Waals surface area contributed by atoms with E-state index in [0.717, 1.165) is 169 Å². The number of imidazole rings is 4. The van der Waals surface area contributed by atoms with Crippen LogP contribution in [0, 0.1) is 23.2 Å². The van der Waals surface area contributed by atoms with Crippen molar-refractivity contribution in [2.75, 3.05) is 0 Å². The molecule has 11 aromatic carbocycles. The van der Waals surface area contributed by atoms with Gasteiger partial charge in [0.05, 0.1) is 72.3 Å². The number of hydrogen-bond acceptors (Lipinski definition) is 3. The first-order valence-corrected chi connectivity index (χ1v) is 31.0. The summed E-state index contributed by atoms with van der Waals surface area (Å²) in [5, 5.41) is 16.2. The van der Waals surface area contributed by atoms with Gasteiger partial charge >= 0.3 is 0 Å². The Bertz CT molecular complexity index is 6050. The molecule has 0 spiro atoms. The number of benzene rings is 11. The Hall–Kier alpha value is -12.4. The molecule has 2 aliphatic carbocycles. The van der Waals surface area contributed by atoms with Crippen molar-refractivity contribution in [3.8, 4) is 74.0 Å². The first-order valence-electron chi connectivity index (χ1n) is 31.0. The molecule has 6 aromatic heterocycles. The van der Waals surface area contributed by atoms with Crippen LogP contribution in [-0.4, -0.2) is 37.0 Å². The quantitative estimate of drug-likeness (QED) is 0.142. The minimum absolute atomic E-state index is 0.359. The van der Waals surface area contributed by atoms with Crippen LogP contribution in [0.5, 0.6) is 0 Å². The van der Waals surface area contributed by atoms with Gasteiger partial charge in [-0.05, 0) is 143 Å². The largest absolute Gasteiger partial charge is 0.312 e. The number of aromatic nitrogens is 8. The van der Waals surface area contributed by atoms with Gasteiger partial charge in [0.2, 0.25) is 11.6 Å². The monoisotopic (exact) mass is 1160 g/mol. The maximum absolute atomic E-state index is 12.8. The van der Waals surface area contributed by atoms with Gasteiger partial charge in [-0.25, -0.2) is 9.97 Å². The van der Waals surface area contributed by atoms with Crippen LogP contribution in [-0.2, 0) is 6.42 Å². The van der Waals surface area contributed by atoms with Crippen LogP contribution in [0.1, 0.15) is 46.6 Å². The summed E-state index contributed by atoms with van der Waals surface area (Å²) in [7, 11) is 0. The first-order chi connectivity index (χ1) is 45.1. The van der Waals surface area contributed by atoms with Crippen molar-refractivity contribution in [1.29, 1.82) is 5.26 Å². The van der Waals surface area contributed by atoms with Crippen molar-refractivity contribution in [1.82, 2.24) is 37.0 Å². The van der Waals surface area contributed by atoms with Crippen molar-refractivity contribution in [2.24, 2.45) is 0 Å². The molecule has 0 atom stereocenters. The van der Waals surface area contributed by atoms with E-state index in [4.69, 9.17) is 9.97 Å². The average molecular weight is 1160 g/mol. The molecule has 0 amide bonds. The Morgan fingerprint density at radius 1 is 0.440 bits per heavy atom. The Balaban J connectivity index is 0.968. The summed E-state index contributed by atoms with van der Waals surface area (Å²) < 4.78 is 13.9. The zero-order valence-corrected chi connectivity index (χ0v) is 49.1. The second-order valence-corrected chi connectivity index (χ2v) is 23.7. The van der Waals surface area contributed by atoms with Gasteiger partial charge < -0.3 is 9.13 Å². The molecule has 6 heterocycles. The second-order valence-electron chi connectivity index (χ2n) is 23.7. The van der Waals surface area contributed by atoms with E-state index in [9.17, 15) is 5.26 Å². The fraction of sp³-hybridized carbons (Fsp3) is 0.0366. The van der Waals surface area contributed by atoms with Gasteiger partial charge in [0, 0.05) is 56.3 Å². The van der Waals surface area contributed by atoms with Crippen LogP contribution in [0.2, 0.25) is 0 Å². The standard InChI is InChI=1S/C82H51N9/c83-51-65-79(57-26-21-39-72-77(49-57)91-75-47-55(53-24-7-2-8-25-53)41-44-67(75)84-81(91)86(72)58-27-9-3-10-28-58)78(88-68-35-17-13-31-60(68)61-32-14-18-36-69(61)88)50-64(80(65)89-70-37-19-15-33-62(70)63-34-16-20-38-71(63)89)56-42-45-73-76(48-56)90-74-46-54(52-22-5-1-6-23-52)40-43-66(74)85-82(90)87(73)59-29-11-4-12-30-59/h1-17,19-20,22-25,27-35,37-38,40-50H,18,26,36H2. The lowest BCUT2D eigenvalue weighted by atomic mass is 9.88. The highest BCUT2D eigenvalue weighted by atomic mass is 15.2. The smallest absolute Gasteiger partial charge is 0.221 e. The molecule has 0 saturated heterocycles. The fourth-order valence-electron chi connectivity index (χ4n) is 14.8. The van der Waals surface area contributed by atoms with Crippen LogP contribution in [0.3, 0.4) is 0 Å². The zero-order valence-electron chi connectivity index (χ0n) is 49.1. The summed E-state index contributed by atoms with van der Waals surface area (Å²) in [4.78, 5) is 10.9. The Labute approximate surface area is 522 Å². The third-order valence-corrected chi connectivity index (χ3v) is 18.8. The van der Waals surface area contributed by atoms with Gasteiger partial charge in [0.25, 0.3) is 0 Å². The molecule has 9 nitrogen and oxygen atoms in total. The number of nitrogens with zero attached hydrogens (tertiary/aromatic N) is 9. The van der Waals surface area contributed by atoms with E-state index in [0.29, 0.717) is 12.0 Å². The second kappa shape index (κ2) is 19.8. The Morgan fingerprint density at radius 3 is 1.62 bits per heavy atom. The van der Waals surface area contributed by atoms with Gasteiger partial charge in [-0.1, -0.05) is 188 Å². The van der Waals surface area contributed by atoms with Crippen molar-refractivity contribution >= 4 is 95.1 Å². The third-order valence-electron chi connectivity index (χ3n) is 18.8. The van der Waals surface area contributed by atoms with Crippen LogP contribution in [0.25, 0.3) is 151 Å². The molecule has 91 heavy (non-hydrogen) atoms. The summed E-state index contributed by atoms with van der Waals surface area (Å²) in [5.41, 5.74) is 25.2. The lowest BCUT2D eigenvalue weighted by Crippen LogP contribution is -2.11. The van der Waals surface area contributed by atoms with Gasteiger partial charge in [-0.3, -0.25) is 17.9 Å². The molecule has 0 fully saturated rings. The molecule has 0 aliphatic heterocycles. The lowest BCUT2D eigenvalue weighted by molar-refractivity contribution is 0.886. The van der Waals surface area contributed by atoms with E-state index in [2.05, 4.69) is 312 Å². The predicted molar refractivity (Wildman–Crippen MR) is 370 cm³/mol. The van der Waals surface area contributed by atoms with Crippen molar-refractivity contribution in [3.05, 3.63) is 295 Å². The molecular formula is C82H51N9. The van der Waals surface area contributed by atoms with Crippen LogP contribution >= 0.6 is 0 Å². The molecule has 0 radical (unpaired) electrons. The minimum atomic E-state index is 0.359.